The Hall–Kier alpha value is -1.53. The maximum atomic E-state index is 12.1. The third-order valence-corrected chi connectivity index (χ3v) is 4.41. The van der Waals surface area contributed by atoms with Gasteiger partial charge in [0.15, 0.2) is 0 Å². The molecule has 1 aliphatic heterocycles. The Kier molecular flexibility index (Phi) is 5.64. The molecule has 1 saturated heterocycles. The van der Waals surface area contributed by atoms with E-state index in [0.29, 0.717) is 0 Å². The molecule has 1 atom stereocenters. The average molecular weight is 307 g/mol. The molecular weight excluding hydrogens is 286 g/mol. The lowest BCUT2D eigenvalue weighted by atomic mass is 10.0. The minimum Gasteiger partial charge on any atom is -0.368 e. The molecule has 2 amide bonds. The molecule has 0 aliphatic carbocycles. The molecule has 21 heavy (non-hydrogen) atoms. The van der Waals surface area contributed by atoms with E-state index in [-0.39, 0.29) is 24.4 Å². The third kappa shape index (κ3) is 4.47. The molecule has 1 fully saturated rings. The summed E-state index contributed by atoms with van der Waals surface area (Å²) in [5.41, 5.74) is 6.17. The molecular formula is C15H21N3O2S. The Balaban J connectivity index is 1.92. The molecule has 0 radical (unpaired) electrons. The van der Waals surface area contributed by atoms with Crippen LogP contribution in [0.2, 0.25) is 0 Å². The highest BCUT2D eigenvalue weighted by Gasteiger charge is 2.28. The quantitative estimate of drug-likeness (QED) is 0.812. The van der Waals surface area contributed by atoms with E-state index in [2.05, 4.69) is 5.32 Å². The van der Waals surface area contributed by atoms with Crippen LogP contribution in [0, 0.1) is 0 Å². The number of rotatable bonds is 5. The Bertz CT molecular complexity index is 504. The molecule has 3 N–H and O–H groups in total. The van der Waals surface area contributed by atoms with E-state index >= 15 is 0 Å². The van der Waals surface area contributed by atoms with Crippen molar-refractivity contribution in [2.75, 3.05) is 24.7 Å². The van der Waals surface area contributed by atoms with Crippen molar-refractivity contribution in [1.82, 2.24) is 4.90 Å². The second-order valence-corrected chi connectivity index (χ2v) is 6.04. The first-order valence-corrected chi connectivity index (χ1v) is 8.30. The minimum absolute atomic E-state index is 0.111. The normalized spacial score (nSPS) is 19.2. The van der Waals surface area contributed by atoms with Crippen molar-refractivity contribution in [2.24, 2.45) is 5.73 Å². The van der Waals surface area contributed by atoms with Crippen molar-refractivity contribution in [3.8, 4) is 0 Å². The summed E-state index contributed by atoms with van der Waals surface area (Å²) in [5.74, 6) is -0.452. The fourth-order valence-corrected chi connectivity index (χ4v) is 2.97. The van der Waals surface area contributed by atoms with Crippen LogP contribution >= 0.6 is 11.8 Å². The van der Waals surface area contributed by atoms with Crippen molar-refractivity contribution in [2.45, 2.75) is 30.2 Å². The summed E-state index contributed by atoms with van der Waals surface area (Å²) in [6.45, 7) is 0.949. The van der Waals surface area contributed by atoms with Gasteiger partial charge in [-0.3, -0.25) is 14.5 Å². The number of nitrogens with zero attached hydrogens (tertiary/aromatic N) is 1. The second-order valence-electron chi connectivity index (χ2n) is 5.16. The predicted molar refractivity (Wildman–Crippen MR) is 85.3 cm³/mol. The number of hydrogen-bond donors (Lipinski definition) is 2. The molecule has 1 heterocycles. The van der Waals surface area contributed by atoms with Crippen LogP contribution in [0.25, 0.3) is 0 Å². The molecule has 5 nitrogen and oxygen atoms in total. The lowest BCUT2D eigenvalue weighted by Gasteiger charge is -2.32. The van der Waals surface area contributed by atoms with Gasteiger partial charge in [0.1, 0.15) is 0 Å². The molecule has 0 bridgehead atoms. The number of anilines is 1. The summed E-state index contributed by atoms with van der Waals surface area (Å²) in [6, 6.07) is 7.38. The molecule has 1 aliphatic rings. The van der Waals surface area contributed by atoms with Crippen molar-refractivity contribution in [3.05, 3.63) is 24.3 Å². The number of carbonyl (C=O) groups is 2. The predicted octanol–water partition coefficient (Wildman–Crippen LogP) is 1.69. The lowest BCUT2D eigenvalue weighted by Crippen LogP contribution is -2.50. The SMILES string of the molecule is CSc1ccc(NC(=O)CN2CCCC[C@H]2C(N)=O)cc1. The number of nitrogens with one attached hydrogen (secondary N) is 1. The summed E-state index contributed by atoms with van der Waals surface area (Å²) in [6.07, 6.45) is 4.74. The summed E-state index contributed by atoms with van der Waals surface area (Å²) in [7, 11) is 0. The van der Waals surface area contributed by atoms with E-state index in [1.807, 2.05) is 35.4 Å². The van der Waals surface area contributed by atoms with Crippen LogP contribution in [-0.2, 0) is 9.59 Å². The van der Waals surface area contributed by atoms with Crippen LogP contribution in [0.1, 0.15) is 19.3 Å². The first-order valence-electron chi connectivity index (χ1n) is 7.07. The molecule has 2 rings (SSSR count). The van der Waals surface area contributed by atoms with E-state index in [4.69, 9.17) is 5.73 Å². The van der Waals surface area contributed by atoms with Crippen LogP contribution in [0.5, 0.6) is 0 Å². The number of thioether (sulfide) groups is 1. The van der Waals surface area contributed by atoms with Crippen LogP contribution in [0.4, 0.5) is 5.69 Å². The molecule has 0 saturated carbocycles. The summed E-state index contributed by atoms with van der Waals surface area (Å²) in [4.78, 5) is 26.5. The van der Waals surface area contributed by atoms with E-state index in [9.17, 15) is 9.59 Å². The molecule has 1 aromatic carbocycles. The van der Waals surface area contributed by atoms with Crippen molar-refractivity contribution >= 4 is 29.3 Å². The Labute approximate surface area is 129 Å². The Morgan fingerprint density at radius 1 is 1.33 bits per heavy atom. The van der Waals surface area contributed by atoms with Crippen molar-refractivity contribution < 1.29 is 9.59 Å². The van der Waals surface area contributed by atoms with E-state index in [1.165, 1.54) is 0 Å². The zero-order chi connectivity index (χ0) is 15.2. The number of primary amides is 1. The Morgan fingerprint density at radius 2 is 2.05 bits per heavy atom. The summed E-state index contributed by atoms with van der Waals surface area (Å²) < 4.78 is 0. The van der Waals surface area contributed by atoms with Gasteiger partial charge in [-0.05, 0) is 49.9 Å². The first-order chi connectivity index (χ1) is 10.1. The molecule has 6 heteroatoms. The zero-order valence-electron chi connectivity index (χ0n) is 12.2. The monoisotopic (exact) mass is 307 g/mol. The molecule has 0 aromatic heterocycles. The highest BCUT2D eigenvalue weighted by molar-refractivity contribution is 7.98. The highest BCUT2D eigenvalue weighted by atomic mass is 32.2. The number of likely N-dealkylation sites (tertiary alicyclic amines) is 1. The topological polar surface area (TPSA) is 75.4 Å². The van der Waals surface area contributed by atoms with Gasteiger partial charge in [-0.2, -0.15) is 0 Å². The first kappa shape index (κ1) is 15.9. The van der Waals surface area contributed by atoms with Crippen molar-refractivity contribution in [1.29, 1.82) is 0 Å². The maximum absolute atomic E-state index is 12.1. The smallest absolute Gasteiger partial charge is 0.238 e. The van der Waals surface area contributed by atoms with E-state index in [0.717, 1.165) is 36.4 Å². The van der Waals surface area contributed by atoms with Gasteiger partial charge in [-0.1, -0.05) is 6.42 Å². The van der Waals surface area contributed by atoms with Gasteiger partial charge >= 0.3 is 0 Å². The van der Waals surface area contributed by atoms with Crippen LogP contribution < -0.4 is 11.1 Å². The highest BCUT2D eigenvalue weighted by Crippen LogP contribution is 2.19. The van der Waals surface area contributed by atoms with Gasteiger partial charge in [0.05, 0.1) is 12.6 Å². The standard InChI is InChI=1S/C15H21N3O2S/c1-21-12-7-5-11(6-8-12)17-14(19)10-18-9-3-2-4-13(18)15(16)20/h5-8,13H,2-4,9-10H2,1H3,(H2,16,20)(H,17,19)/t13-/m0/s1. The fourth-order valence-electron chi connectivity index (χ4n) is 2.56. The molecule has 0 unspecified atom stereocenters. The third-order valence-electron chi connectivity index (χ3n) is 3.66. The number of piperidine rings is 1. The summed E-state index contributed by atoms with van der Waals surface area (Å²) >= 11 is 1.66. The second kappa shape index (κ2) is 7.47. The summed E-state index contributed by atoms with van der Waals surface area (Å²) in [5, 5.41) is 2.86. The van der Waals surface area contributed by atoms with Gasteiger partial charge in [0.2, 0.25) is 11.8 Å². The number of hydrogen-bond acceptors (Lipinski definition) is 4. The molecule has 1 aromatic rings. The number of benzene rings is 1. The minimum atomic E-state index is -0.341. The number of nitrogens with two attached hydrogens (primary N) is 1. The van der Waals surface area contributed by atoms with Gasteiger partial charge in [-0.15, -0.1) is 11.8 Å². The van der Waals surface area contributed by atoms with Crippen molar-refractivity contribution in [3.63, 3.8) is 0 Å². The molecule has 114 valence electrons. The van der Waals surface area contributed by atoms with Gasteiger partial charge in [0, 0.05) is 10.6 Å². The van der Waals surface area contributed by atoms with Crippen LogP contribution in [-0.4, -0.2) is 42.1 Å². The Morgan fingerprint density at radius 3 is 2.67 bits per heavy atom. The fraction of sp³-hybridized carbons (Fsp3) is 0.467. The average Bonchev–Trinajstić information content (AvgIpc) is 2.48. The van der Waals surface area contributed by atoms with E-state index < -0.39 is 0 Å². The van der Waals surface area contributed by atoms with Gasteiger partial charge in [0.25, 0.3) is 0 Å². The van der Waals surface area contributed by atoms with E-state index in [1.54, 1.807) is 11.8 Å². The van der Waals surface area contributed by atoms with Gasteiger partial charge < -0.3 is 11.1 Å². The zero-order valence-corrected chi connectivity index (χ0v) is 13.0. The maximum Gasteiger partial charge on any atom is 0.238 e. The number of amides is 2. The van der Waals surface area contributed by atoms with Crippen LogP contribution in [0.3, 0.4) is 0 Å². The van der Waals surface area contributed by atoms with Gasteiger partial charge in [-0.25, -0.2) is 0 Å². The number of carbonyl (C=O) groups excluding carboxylic acids is 2. The molecule has 0 spiro atoms. The largest absolute Gasteiger partial charge is 0.368 e. The van der Waals surface area contributed by atoms with Crippen LogP contribution in [0.15, 0.2) is 29.2 Å². The lowest BCUT2D eigenvalue weighted by molar-refractivity contribution is -0.126.